The van der Waals surface area contributed by atoms with Crippen LogP contribution in [-0.2, 0) is 0 Å². The second-order valence-corrected chi connectivity index (χ2v) is 7.91. The molecule has 1 saturated heterocycles. The first-order valence-corrected chi connectivity index (χ1v) is 10.7. The molecular weight excluding hydrogens is 386 g/mol. The molecule has 0 unspecified atom stereocenters. The number of aromatic nitrogens is 2. The van der Waals surface area contributed by atoms with Crippen LogP contribution in [-0.4, -0.2) is 67.2 Å². The highest BCUT2D eigenvalue weighted by Gasteiger charge is 2.18. The molecule has 3 heterocycles. The Hall–Kier alpha value is -2.71. The molecule has 1 aromatic carbocycles. The number of carbonyl (C=O) groups is 1. The second kappa shape index (κ2) is 9.19. The third-order valence-electron chi connectivity index (χ3n) is 5.16. The van der Waals surface area contributed by atoms with Gasteiger partial charge in [0.25, 0.3) is 5.91 Å². The molecule has 0 aliphatic carbocycles. The summed E-state index contributed by atoms with van der Waals surface area (Å²) < 4.78 is 7.05. The maximum Gasteiger partial charge on any atom is 0.269 e. The molecule has 0 atom stereocenters. The number of carbonyl (C=O) groups excluding carboxylic acids is 1. The zero-order valence-corrected chi connectivity index (χ0v) is 17.3. The molecule has 2 aromatic heterocycles. The van der Waals surface area contributed by atoms with E-state index in [0.717, 1.165) is 39.1 Å². The highest BCUT2D eigenvalue weighted by Crippen LogP contribution is 2.31. The minimum atomic E-state index is -0.242. The number of rotatable bonds is 7. The van der Waals surface area contributed by atoms with Crippen molar-refractivity contribution >= 4 is 33.0 Å². The molecular formula is C21H25N5O2S. The SMILES string of the molecule is CNC(=O)c1cc(OCCCN2CCN(c3cccc4sccc34)CC2)ncn1. The molecule has 7 nitrogen and oxygen atoms in total. The van der Waals surface area contributed by atoms with Gasteiger partial charge < -0.3 is 15.0 Å². The average Bonchev–Trinajstić information content (AvgIpc) is 3.26. The van der Waals surface area contributed by atoms with Gasteiger partial charge in [-0.1, -0.05) is 6.07 Å². The quantitative estimate of drug-likeness (QED) is 0.603. The predicted octanol–water partition coefficient (Wildman–Crippen LogP) is 2.64. The van der Waals surface area contributed by atoms with E-state index in [1.807, 2.05) is 0 Å². The van der Waals surface area contributed by atoms with Gasteiger partial charge in [-0.15, -0.1) is 11.3 Å². The lowest BCUT2D eigenvalue weighted by molar-refractivity contribution is 0.0957. The number of nitrogens with one attached hydrogen (secondary N) is 1. The number of thiophene rings is 1. The first-order valence-electron chi connectivity index (χ1n) is 9.85. The van der Waals surface area contributed by atoms with Crippen LogP contribution in [0.1, 0.15) is 16.9 Å². The number of ether oxygens (including phenoxy) is 1. The molecule has 8 heteroatoms. The molecule has 1 aliphatic heterocycles. The summed E-state index contributed by atoms with van der Waals surface area (Å²) in [5.41, 5.74) is 1.66. The Morgan fingerprint density at radius 1 is 1.21 bits per heavy atom. The van der Waals surface area contributed by atoms with Gasteiger partial charge in [0.2, 0.25) is 5.88 Å². The molecule has 152 valence electrons. The number of nitrogens with zero attached hydrogens (tertiary/aromatic N) is 4. The fraction of sp³-hybridized carbons (Fsp3) is 0.381. The van der Waals surface area contributed by atoms with Gasteiger partial charge in [-0.05, 0) is 30.0 Å². The van der Waals surface area contributed by atoms with Gasteiger partial charge in [0, 0.05) is 61.6 Å². The van der Waals surface area contributed by atoms with Gasteiger partial charge in [0.1, 0.15) is 12.0 Å². The van der Waals surface area contributed by atoms with Crippen LogP contribution < -0.4 is 15.0 Å². The van der Waals surface area contributed by atoms with Crippen molar-refractivity contribution in [3.8, 4) is 5.88 Å². The van der Waals surface area contributed by atoms with Gasteiger partial charge >= 0.3 is 0 Å². The Morgan fingerprint density at radius 3 is 2.90 bits per heavy atom. The third kappa shape index (κ3) is 4.65. The number of hydrogen-bond acceptors (Lipinski definition) is 7. The van der Waals surface area contributed by atoms with E-state index in [9.17, 15) is 4.79 Å². The molecule has 1 amide bonds. The lowest BCUT2D eigenvalue weighted by Gasteiger charge is -2.36. The summed E-state index contributed by atoms with van der Waals surface area (Å²) in [7, 11) is 1.57. The monoisotopic (exact) mass is 411 g/mol. The van der Waals surface area contributed by atoms with Crippen LogP contribution in [0, 0.1) is 0 Å². The predicted molar refractivity (Wildman–Crippen MR) is 116 cm³/mol. The van der Waals surface area contributed by atoms with E-state index in [0.29, 0.717) is 18.2 Å². The third-order valence-corrected chi connectivity index (χ3v) is 6.04. The van der Waals surface area contributed by atoms with E-state index >= 15 is 0 Å². The number of benzene rings is 1. The molecule has 0 radical (unpaired) electrons. The van der Waals surface area contributed by atoms with Crippen LogP contribution in [0.2, 0.25) is 0 Å². The Kier molecular flexibility index (Phi) is 6.21. The second-order valence-electron chi connectivity index (χ2n) is 6.96. The van der Waals surface area contributed by atoms with Crippen molar-refractivity contribution in [2.75, 3.05) is 51.3 Å². The van der Waals surface area contributed by atoms with Crippen LogP contribution in [0.25, 0.3) is 10.1 Å². The highest BCUT2D eigenvalue weighted by molar-refractivity contribution is 7.17. The van der Waals surface area contributed by atoms with E-state index in [2.05, 4.69) is 54.7 Å². The molecule has 0 saturated carbocycles. The van der Waals surface area contributed by atoms with Gasteiger partial charge in [-0.3, -0.25) is 9.69 Å². The Bertz CT molecular complexity index is 968. The van der Waals surface area contributed by atoms with E-state index in [-0.39, 0.29) is 5.91 Å². The highest BCUT2D eigenvalue weighted by atomic mass is 32.1. The van der Waals surface area contributed by atoms with Crippen molar-refractivity contribution in [1.29, 1.82) is 0 Å². The average molecular weight is 412 g/mol. The van der Waals surface area contributed by atoms with E-state index < -0.39 is 0 Å². The smallest absolute Gasteiger partial charge is 0.269 e. The van der Waals surface area contributed by atoms with E-state index in [1.165, 1.54) is 22.1 Å². The van der Waals surface area contributed by atoms with Crippen molar-refractivity contribution in [3.63, 3.8) is 0 Å². The summed E-state index contributed by atoms with van der Waals surface area (Å²) in [5.74, 6) is 0.195. The minimum absolute atomic E-state index is 0.242. The number of hydrogen-bond donors (Lipinski definition) is 1. The van der Waals surface area contributed by atoms with Gasteiger partial charge in [-0.2, -0.15) is 0 Å². The maximum atomic E-state index is 11.6. The molecule has 3 aromatic rings. The van der Waals surface area contributed by atoms with Crippen LogP contribution in [0.4, 0.5) is 5.69 Å². The summed E-state index contributed by atoms with van der Waals surface area (Å²) in [6, 6.07) is 10.4. The Balaban J connectivity index is 1.22. The molecule has 29 heavy (non-hydrogen) atoms. The van der Waals surface area contributed by atoms with Crippen molar-refractivity contribution in [1.82, 2.24) is 20.2 Å². The standard InChI is InChI=1S/C21H25N5O2S/c1-22-21(27)17-14-20(24-15-23-17)28-12-3-7-25-8-10-26(11-9-25)18-4-2-5-19-16(18)6-13-29-19/h2,4-6,13-15H,3,7-12H2,1H3,(H,22,27). The van der Waals surface area contributed by atoms with Crippen molar-refractivity contribution < 1.29 is 9.53 Å². The number of anilines is 1. The molecule has 4 rings (SSSR count). The summed E-state index contributed by atoms with van der Waals surface area (Å²) in [6.07, 6.45) is 2.27. The van der Waals surface area contributed by atoms with Crippen molar-refractivity contribution in [2.45, 2.75) is 6.42 Å². The van der Waals surface area contributed by atoms with Crippen molar-refractivity contribution in [3.05, 3.63) is 47.7 Å². The largest absolute Gasteiger partial charge is 0.478 e. The fourth-order valence-corrected chi connectivity index (χ4v) is 4.41. The van der Waals surface area contributed by atoms with E-state index in [1.54, 1.807) is 24.5 Å². The summed E-state index contributed by atoms with van der Waals surface area (Å²) >= 11 is 1.80. The van der Waals surface area contributed by atoms with Crippen LogP contribution in [0.5, 0.6) is 5.88 Å². The normalized spacial score (nSPS) is 14.9. The first kappa shape index (κ1) is 19.6. The van der Waals surface area contributed by atoms with Crippen LogP contribution in [0.3, 0.4) is 0 Å². The lowest BCUT2D eigenvalue weighted by atomic mass is 10.2. The minimum Gasteiger partial charge on any atom is -0.478 e. The summed E-state index contributed by atoms with van der Waals surface area (Å²) in [5, 5.41) is 6.08. The number of fused-ring (bicyclic) bond motifs is 1. The number of amides is 1. The van der Waals surface area contributed by atoms with Crippen LogP contribution >= 0.6 is 11.3 Å². The summed E-state index contributed by atoms with van der Waals surface area (Å²) in [4.78, 5) is 24.6. The molecule has 1 N–H and O–H groups in total. The lowest BCUT2D eigenvalue weighted by Crippen LogP contribution is -2.46. The zero-order valence-electron chi connectivity index (χ0n) is 16.5. The van der Waals surface area contributed by atoms with Gasteiger partial charge in [-0.25, -0.2) is 9.97 Å². The molecule has 1 fully saturated rings. The first-order chi connectivity index (χ1) is 14.2. The van der Waals surface area contributed by atoms with E-state index in [4.69, 9.17) is 4.74 Å². The molecule has 0 spiro atoms. The topological polar surface area (TPSA) is 70.6 Å². The fourth-order valence-electron chi connectivity index (χ4n) is 3.60. The van der Waals surface area contributed by atoms with Crippen molar-refractivity contribution in [2.24, 2.45) is 0 Å². The number of piperazine rings is 1. The van der Waals surface area contributed by atoms with Gasteiger partial charge in [0.05, 0.1) is 6.61 Å². The Labute approximate surface area is 174 Å². The summed E-state index contributed by atoms with van der Waals surface area (Å²) in [6.45, 7) is 5.74. The van der Waals surface area contributed by atoms with Gasteiger partial charge in [0.15, 0.2) is 0 Å². The zero-order chi connectivity index (χ0) is 20.1. The maximum absolute atomic E-state index is 11.6. The molecule has 1 aliphatic rings. The molecule has 0 bridgehead atoms. The van der Waals surface area contributed by atoms with Crippen LogP contribution in [0.15, 0.2) is 42.0 Å². The Morgan fingerprint density at radius 2 is 2.07 bits per heavy atom.